The lowest BCUT2D eigenvalue weighted by atomic mass is 10.1. The van der Waals surface area contributed by atoms with Crippen LogP contribution in [0.25, 0.3) is 0 Å². The molecule has 1 heterocycles. The molecule has 0 radical (unpaired) electrons. The Balaban J connectivity index is 1.95. The SMILES string of the molecule is CCOCCN1C(=O)C2(CC2)NC1CC(C)C. The lowest BCUT2D eigenvalue weighted by Crippen LogP contribution is -2.40. The van der Waals surface area contributed by atoms with Gasteiger partial charge in [0.25, 0.3) is 0 Å². The van der Waals surface area contributed by atoms with Gasteiger partial charge in [-0.05, 0) is 32.1 Å². The van der Waals surface area contributed by atoms with E-state index in [0.29, 0.717) is 18.4 Å². The second-order valence-electron chi connectivity index (χ2n) is 5.57. The van der Waals surface area contributed by atoms with Crippen LogP contribution in [0.1, 0.15) is 40.0 Å². The quantitative estimate of drug-likeness (QED) is 0.713. The molecular formula is C13H24N2O2. The van der Waals surface area contributed by atoms with Crippen LogP contribution in [0.4, 0.5) is 0 Å². The fourth-order valence-corrected chi connectivity index (χ4v) is 2.56. The molecular weight excluding hydrogens is 216 g/mol. The number of carbonyl (C=O) groups is 1. The molecule has 1 spiro atoms. The number of ether oxygens (including phenoxy) is 1. The molecule has 1 saturated carbocycles. The maximum atomic E-state index is 12.3. The van der Waals surface area contributed by atoms with E-state index in [1.807, 2.05) is 11.8 Å². The highest BCUT2D eigenvalue weighted by molar-refractivity contribution is 5.91. The van der Waals surface area contributed by atoms with E-state index in [-0.39, 0.29) is 11.7 Å². The van der Waals surface area contributed by atoms with Gasteiger partial charge in [0.15, 0.2) is 0 Å². The van der Waals surface area contributed by atoms with Gasteiger partial charge in [-0.15, -0.1) is 0 Å². The molecule has 1 amide bonds. The van der Waals surface area contributed by atoms with Crippen molar-refractivity contribution in [2.75, 3.05) is 19.8 Å². The van der Waals surface area contributed by atoms with E-state index in [2.05, 4.69) is 19.2 Å². The summed E-state index contributed by atoms with van der Waals surface area (Å²) in [5.74, 6) is 0.895. The van der Waals surface area contributed by atoms with Crippen molar-refractivity contribution < 1.29 is 9.53 Å². The average Bonchev–Trinajstić information content (AvgIpc) is 2.98. The first-order valence-corrected chi connectivity index (χ1v) is 6.75. The van der Waals surface area contributed by atoms with E-state index in [9.17, 15) is 4.79 Å². The first kappa shape index (κ1) is 12.8. The Hall–Kier alpha value is -0.610. The van der Waals surface area contributed by atoms with Gasteiger partial charge in [-0.2, -0.15) is 0 Å². The smallest absolute Gasteiger partial charge is 0.244 e. The van der Waals surface area contributed by atoms with Crippen molar-refractivity contribution in [2.24, 2.45) is 5.92 Å². The van der Waals surface area contributed by atoms with Crippen molar-refractivity contribution in [1.82, 2.24) is 10.2 Å². The second kappa shape index (κ2) is 4.94. The molecule has 1 unspecified atom stereocenters. The Kier molecular flexibility index (Phi) is 3.73. The van der Waals surface area contributed by atoms with Crippen LogP contribution in [0, 0.1) is 5.92 Å². The van der Waals surface area contributed by atoms with Crippen molar-refractivity contribution in [1.29, 1.82) is 0 Å². The van der Waals surface area contributed by atoms with E-state index in [0.717, 1.165) is 32.4 Å². The fraction of sp³-hybridized carbons (Fsp3) is 0.923. The second-order valence-corrected chi connectivity index (χ2v) is 5.57. The molecule has 0 aromatic heterocycles. The van der Waals surface area contributed by atoms with Gasteiger partial charge in [0, 0.05) is 13.2 Å². The summed E-state index contributed by atoms with van der Waals surface area (Å²) in [6, 6.07) is 0. The third kappa shape index (κ3) is 2.63. The summed E-state index contributed by atoms with van der Waals surface area (Å²) in [4.78, 5) is 14.3. The van der Waals surface area contributed by atoms with Gasteiger partial charge in [-0.25, -0.2) is 0 Å². The monoisotopic (exact) mass is 240 g/mol. The maximum absolute atomic E-state index is 12.3. The van der Waals surface area contributed by atoms with Crippen LogP contribution >= 0.6 is 0 Å². The zero-order valence-electron chi connectivity index (χ0n) is 11.2. The highest BCUT2D eigenvalue weighted by Crippen LogP contribution is 2.42. The van der Waals surface area contributed by atoms with Crippen LogP contribution < -0.4 is 5.32 Å². The van der Waals surface area contributed by atoms with Crippen LogP contribution in [-0.2, 0) is 9.53 Å². The number of nitrogens with zero attached hydrogens (tertiary/aromatic N) is 1. The summed E-state index contributed by atoms with van der Waals surface area (Å²) in [6.45, 7) is 8.47. The summed E-state index contributed by atoms with van der Waals surface area (Å²) in [5, 5.41) is 3.52. The van der Waals surface area contributed by atoms with Crippen LogP contribution in [-0.4, -0.2) is 42.3 Å². The molecule has 0 bridgehead atoms. The summed E-state index contributed by atoms with van der Waals surface area (Å²) in [5.41, 5.74) is -0.189. The summed E-state index contributed by atoms with van der Waals surface area (Å²) >= 11 is 0. The van der Waals surface area contributed by atoms with Crippen molar-refractivity contribution >= 4 is 5.91 Å². The lowest BCUT2D eigenvalue weighted by molar-refractivity contribution is -0.131. The number of nitrogens with one attached hydrogen (secondary N) is 1. The predicted molar refractivity (Wildman–Crippen MR) is 66.5 cm³/mol. The van der Waals surface area contributed by atoms with Gasteiger partial charge in [0.2, 0.25) is 5.91 Å². The van der Waals surface area contributed by atoms with Gasteiger partial charge >= 0.3 is 0 Å². The normalized spacial score (nSPS) is 26.2. The van der Waals surface area contributed by atoms with Crippen LogP contribution in [0.3, 0.4) is 0 Å². The first-order valence-electron chi connectivity index (χ1n) is 6.75. The Bertz CT molecular complexity index is 287. The molecule has 1 atom stereocenters. The average molecular weight is 240 g/mol. The van der Waals surface area contributed by atoms with Gasteiger partial charge < -0.3 is 9.64 Å². The van der Waals surface area contributed by atoms with Crippen molar-refractivity contribution in [3.05, 3.63) is 0 Å². The number of carbonyl (C=O) groups excluding carboxylic acids is 1. The molecule has 4 heteroatoms. The molecule has 2 aliphatic rings. The van der Waals surface area contributed by atoms with Gasteiger partial charge in [0.1, 0.15) is 0 Å². The van der Waals surface area contributed by atoms with Crippen molar-refractivity contribution in [3.63, 3.8) is 0 Å². The molecule has 2 fully saturated rings. The zero-order chi connectivity index (χ0) is 12.5. The van der Waals surface area contributed by atoms with Crippen molar-refractivity contribution in [3.8, 4) is 0 Å². The van der Waals surface area contributed by atoms with E-state index in [4.69, 9.17) is 4.74 Å². The van der Waals surface area contributed by atoms with E-state index in [1.165, 1.54) is 0 Å². The van der Waals surface area contributed by atoms with E-state index < -0.39 is 0 Å². The van der Waals surface area contributed by atoms with Crippen LogP contribution in [0.2, 0.25) is 0 Å². The van der Waals surface area contributed by atoms with Crippen molar-refractivity contribution in [2.45, 2.75) is 51.7 Å². The third-order valence-electron chi connectivity index (χ3n) is 3.61. The maximum Gasteiger partial charge on any atom is 0.244 e. The molecule has 98 valence electrons. The minimum atomic E-state index is -0.189. The number of rotatable bonds is 6. The Morgan fingerprint density at radius 3 is 2.76 bits per heavy atom. The molecule has 1 aliphatic heterocycles. The zero-order valence-corrected chi connectivity index (χ0v) is 11.2. The summed E-state index contributed by atoms with van der Waals surface area (Å²) in [7, 11) is 0. The molecule has 0 aromatic carbocycles. The predicted octanol–water partition coefficient (Wildman–Crippen LogP) is 1.36. The van der Waals surface area contributed by atoms with Gasteiger partial charge in [-0.3, -0.25) is 10.1 Å². The minimum absolute atomic E-state index is 0.189. The Morgan fingerprint density at radius 1 is 1.53 bits per heavy atom. The number of hydrogen-bond acceptors (Lipinski definition) is 3. The Labute approximate surface area is 104 Å². The molecule has 0 aromatic rings. The van der Waals surface area contributed by atoms with Gasteiger partial charge in [-0.1, -0.05) is 13.8 Å². The fourth-order valence-electron chi connectivity index (χ4n) is 2.56. The summed E-state index contributed by atoms with van der Waals surface area (Å²) in [6.07, 6.45) is 3.25. The molecule has 17 heavy (non-hydrogen) atoms. The minimum Gasteiger partial charge on any atom is -0.380 e. The van der Waals surface area contributed by atoms with Crippen LogP contribution in [0.5, 0.6) is 0 Å². The van der Waals surface area contributed by atoms with Gasteiger partial charge in [0.05, 0.1) is 18.3 Å². The van der Waals surface area contributed by atoms with E-state index >= 15 is 0 Å². The number of amides is 1. The standard InChI is InChI=1S/C13H24N2O2/c1-4-17-8-7-15-11(9-10(2)3)14-13(5-6-13)12(15)16/h10-11,14H,4-9H2,1-3H3. The van der Waals surface area contributed by atoms with Crippen LogP contribution in [0.15, 0.2) is 0 Å². The highest BCUT2D eigenvalue weighted by atomic mass is 16.5. The molecule has 4 nitrogen and oxygen atoms in total. The molecule has 2 rings (SSSR count). The Morgan fingerprint density at radius 2 is 2.24 bits per heavy atom. The first-order chi connectivity index (χ1) is 8.09. The molecule has 1 N–H and O–H groups in total. The molecule has 1 aliphatic carbocycles. The third-order valence-corrected chi connectivity index (χ3v) is 3.61. The lowest BCUT2D eigenvalue weighted by Gasteiger charge is -2.25. The molecule has 1 saturated heterocycles. The topological polar surface area (TPSA) is 41.6 Å². The largest absolute Gasteiger partial charge is 0.380 e. The van der Waals surface area contributed by atoms with E-state index in [1.54, 1.807) is 0 Å². The summed E-state index contributed by atoms with van der Waals surface area (Å²) < 4.78 is 5.36. The highest BCUT2D eigenvalue weighted by Gasteiger charge is 2.58. The number of hydrogen-bond donors (Lipinski definition) is 1.